The van der Waals surface area contributed by atoms with Gasteiger partial charge in [-0.15, -0.1) is 0 Å². The molecular formula is C28H43FN4O4. The number of halogens is 1. The second-order valence-electron chi connectivity index (χ2n) is 10.6. The highest BCUT2D eigenvalue weighted by atomic mass is 19.1. The first-order chi connectivity index (χ1) is 17.7. The van der Waals surface area contributed by atoms with Crippen molar-refractivity contribution in [2.45, 2.75) is 90.6 Å². The van der Waals surface area contributed by atoms with Crippen molar-refractivity contribution in [1.82, 2.24) is 15.0 Å². The molecule has 1 aliphatic carbocycles. The van der Waals surface area contributed by atoms with Gasteiger partial charge in [-0.3, -0.25) is 4.79 Å². The average molecular weight is 519 g/mol. The standard InChI is InChI=1S/C15H20FNO3.C10H17N3O.C3H6/c1-3-20-12-5-4-11(13(16)9-12)8-14(18)17-7-6-15(2,19)10-17;1-8(2)9-11-10(14-12-9)13-6-4-3-5-7-13;1-2-3-1/h4-5,9,19H,3,6-8,10H2,1-2H3;8H,3-7H2,1-2H3;1-3H2. The van der Waals surface area contributed by atoms with E-state index in [1.165, 1.54) is 44.6 Å². The van der Waals surface area contributed by atoms with Gasteiger partial charge in [-0.05, 0) is 51.2 Å². The minimum Gasteiger partial charge on any atom is -0.494 e. The van der Waals surface area contributed by atoms with Crippen LogP contribution in [0.15, 0.2) is 22.7 Å². The van der Waals surface area contributed by atoms with Crippen molar-refractivity contribution in [1.29, 1.82) is 0 Å². The van der Waals surface area contributed by atoms with Gasteiger partial charge in [-0.1, -0.05) is 44.3 Å². The highest BCUT2D eigenvalue weighted by molar-refractivity contribution is 5.79. The summed E-state index contributed by atoms with van der Waals surface area (Å²) in [5.41, 5.74) is -0.475. The molecule has 2 aromatic rings. The second-order valence-corrected chi connectivity index (χ2v) is 10.6. The normalized spacial score (nSPS) is 20.6. The molecule has 1 aromatic carbocycles. The lowest BCUT2D eigenvalue weighted by molar-refractivity contribution is -0.130. The Morgan fingerprint density at radius 2 is 1.84 bits per heavy atom. The van der Waals surface area contributed by atoms with Crippen molar-refractivity contribution in [3.8, 4) is 5.75 Å². The Labute approximate surface area is 220 Å². The molecule has 8 nitrogen and oxygen atoms in total. The van der Waals surface area contributed by atoms with Gasteiger partial charge in [-0.25, -0.2) is 4.39 Å². The van der Waals surface area contributed by atoms with Crippen molar-refractivity contribution in [2.75, 3.05) is 37.7 Å². The van der Waals surface area contributed by atoms with Crippen molar-refractivity contribution < 1.29 is 23.6 Å². The van der Waals surface area contributed by atoms with Crippen LogP contribution < -0.4 is 9.64 Å². The Balaban J connectivity index is 0.000000193. The molecule has 1 aromatic heterocycles. The first-order valence-electron chi connectivity index (χ1n) is 13.7. The largest absolute Gasteiger partial charge is 0.494 e. The summed E-state index contributed by atoms with van der Waals surface area (Å²) in [5.74, 6) is 1.02. The number of amides is 1. The van der Waals surface area contributed by atoms with Gasteiger partial charge < -0.3 is 24.2 Å². The summed E-state index contributed by atoms with van der Waals surface area (Å²) >= 11 is 0. The lowest BCUT2D eigenvalue weighted by Gasteiger charge is -2.23. The predicted molar refractivity (Wildman–Crippen MR) is 141 cm³/mol. The number of nitrogens with zero attached hydrogens (tertiary/aromatic N) is 4. The molecule has 37 heavy (non-hydrogen) atoms. The third-order valence-electron chi connectivity index (χ3n) is 6.41. The average Bonchev–Trinajstić information content (AvgIpc) is 3.59. The van der Waals surface area contributed by atoms with Crippen LogP contribution in [-0.4, -0.2) is 64.4 Å². The van der Waals surface area contributed by atoms with Crippen molar-refractivity contribution >= 4 is 11.9 Å². The Morgan fingerprint density at radius 1 is 1.16 bits per heavy atom. The van der Waals surface area contributed by atoms with Gasteiger partial charge in [0.05, 0.1) is 18.6 Å². The smallest absolute Gasteiger partial charge is 0.324 e. The number of anilines is 1. The van der Waals surface area contributed by atoms with E-state index in [0.29, 0.717) is 49.4 Å². The molecule has 2 saturated heterocycles. The van der Waals surface area contributed by atoms with Crippen LogP contribution in [0.25, 0.3) is 0 Å². The van der Waals surface area contributed by atoms with E-state index in [9.17, 15) is 14.3 Å². The maximum Gasteiger partial charge on any atom is 0.324 e. The van der Waals surface area contributed by atoms with E-state index in [1.54, 1.807) is 24.0 Å². The van der Waals surface area contributed by atoms with Crippen LogP contribution in [0.2, 0.25) is 0 Å². The fourth-order valence-electron chi connectivity index (χ4n) is 4.04. The van der Waals surface area contributed by atoms with E-state index in [2.05, 4.69) is 28.9 Å². The molecule has 1 unspecified atom stereocenters. The van der Waals surface area contributed by atoms with Crippen LogP contribution in [0.5, 0.6) is 5.75 Å². The summed E-state index contributed by atoms with van der Waals surface area (Å²) in [6.07, 6.45) is 8.86. The lowest BCUT2D eigenvalue weighted by Crippen LogP contribution is -2.34. The van der Waals surface area contributed by atoms with E-state index in [4.69, 9.17) is 9.26 Å². The zero-order valence-corrected chi connectivity index (χ0v) is 22.8. The molecule has 3 fully saturated rings. The van der Waals surface area contributed by atoms with Crippen molar-refractivity contribution in [3.63, 3.8) is 0 Å². The molecule has 0 spiro atoms. The summed E-state index contributed by atoms with van der Waals surface area (Å²) in [7, 11) is 0. The fraction of sp³-hybridized carbons (Fsp3) is 0.679. The molecule has 1 atom stereocenters. The van der Waals surface area contributed by atoms with Gasteiger partial charge >= 0.3 is 6.01 Å². The summed E-state index contributed by atoms with van der Waals surface area (Å²) in [5, 5.41) is 13.8. The number of ether oxygens (including phenoxy) is 1. The van der Waals surface area contributed by atoms with Crippen LogP contribution in [0.3, 0.4) is 0 Å². The van der Waals surface area contributed by atoms with Gasteiger partial charge in [-0.2, -0.15) is 4.98 Å². The highest BCUT2D eigenvalue weighted by Crippen LogP contribution is 2.23. The SMILES string of the molecule is C1CC1.CC(C)c1noc(N2CCCCC2)n1.CCOc1ccc(CC(=O)N2CCC(C)(O)C2)c(F)c1. The molecule has 1 N–H and O–H groups in total. The van der Waals surface area contributed by atoms with Gasteiger partial charge in [0.15, 0.2) is 5.82 Å². The summed E-state index contributed by atoms with van der Waals surface area (Å²) in [6.45, 7) is 11.1. The molecular weight excluding hydrogens is 475 g/mol. The maximum absolute atomic E-state index is 13.9. The number of piperidine rings is 1. The number of likely N-dealkylation sites (tertiary alicyclic amines) is 1. The Kier molecular flexibility index (Phi) is 10.7. The Morgan fingerprint density at radius 3 is 2.35 bits per heavy atom. The number of aliphatic hydroxyl groups is 1. The number of rotatable bonds is 6. The van der Waals surface area contributed by atoms with Crippen LogP contribution in [0, 0.1) is 5.82 Å². The first-order valence-corrected chi connectivity index (χ1v) is 13.7. The zero-order valence-electron chi connectivity index (χ0n) is 22.8. The third-order valence-corrected chi connectivity index (χ3v) is 6.41. The monoisotopic (exact) mass is 518 g/mol. The van der Waals surface area contributed by atoms with Crippen LogP contribution >= 0.6 is 0 Å². The van der Waals surface area contributed by atoms with Crippen molar-refractivity contribution in [3.05, 3.63) is 35.4 Å². The van der Waals surface area contributed by atoms with E-state index in [0.717, 1.165) is 18.9 Å². The van der Waals surface area contributed by atoms with E-state index in [-0.39, 0.29) is 12.3 Å². The number of carbonyl (C=O) groups excluding carboxylic acids is 1. The van der Waals surface area contributed by atoms with Crippen molar-refractivity contribution in [2.24, 2.45) is 0 Å². The number of aromatic nitrogens is 2. The maximum atomic E-state index is 13.9. The molecule has 3 heterocycles. The lowest BCUT2D eigenvalue weighted by atomic mass is 10.1. The summed E-state index contributed by atoms with van der Waals surface area (Å²) < 4.78 is 24.3. The Bertz CT molecular complexity index is 984. The Hall–Kier alpha value is -2.68. The predicted octanol–water partition coefficient (Wildman–Crippen LogP) is 5.10. The fourth-order valence-corrected chi connectivity index (χ4v) is 4.04. The number of hydrogen-bond donors (Lipinski definition) is 1. The summed E-state index contributed by atoms with van der Waals surface area (Å²) in [6, 6.07) is 5.24. The molecule has 3 aliphatic rings. The quantitative estimate of drug-likeness (QED) is 0.569. The van der Waals surface area contributed by atoms with Gasteiger partial charge in [0.1, 0.15) is 11.6 Å². The molecule has 0 radical (unpaired) electrons. The number of carbonyl (C=O) groups is 1. The van der Waals surface area contributed by atoms with E-state index >= 15 is 0 Å². The molecule has 5 rings (SSSR count). The molecule has 2 aliphatic heterocycles. The van der Waals surface area contributed by atoms with Crippen LogP contribution in [0.4, 0.5) is 10.4 Å². The van der Waals surface area contributed by atoms with Gasteiger partial charge in [0.25, 0.3) is 0 Å². The molecule has 9 heteroatoms. The van der Waals surface area contributed by atoms with Gasteiger partial charge in [0.2, 0.25) is 5.91 Å². The van der Waals surface area contributed by atoms with Crippen LogP contribution in [0.1, 0.15) is 89.9 Å². The van der Waals surface area contributed by atoms with Gasteiger partial charge in [0, 0.05) is 38.2 Å². The number of hydrogen-bond acceptors (Lipinski definition) is 7. The minimum atomic E-state index is -0.826. The number of β-amino-alcohol motifs (C(OH)–C–C–N with tert-alkyl or cyclic N) is 1. The first kappa shape index (κ1) is 28.9. The third kappa shape index (κ3) is 9.61. The highest BCUT2D eigenvalue weighted by Gasteiger charge is 2.34. The van der Waals surface area contributed by atoms with E-state index < -0.39 is 11.4 Å². The zero-order chi connectivity index (χ0) is 26.8. The number of benzene rings is 1. The topological polar surface area (TPSA) is 91.9 Å². The molecule has 1 saturated carbocycles. The summed E-state index contributed by atoms with van der Waals surface area (Å²) in [4.78, 5) is 20.2. The van der Waals surface area contributed by atoms with E-state index in [1.807, 2.05) is 6.92 Å². The second kappa shape index (κ2) is 13.7. The van der Waals surface area contributed by atoms with Crippen LogP contribution in [-0.2, 0) is 11.2 Å². The molecule has 206 valence electrons. The molecule has 1 amide bonds. The molecule has 0 bridgehead atoms. The minimum absolute atomic E-state index is 0.00825.